The molecule has 0 atom stereocenters. The second kappa shape index (κ2) is 5.08. The maximum Gasteiger partial charge on any atom is 0.182 e. The molecule has 1 N–H and O–H groups in total. The van der Waals surface area contributed by atoms with Crippen LogP contribution in [0.15, 0.2) is 29.2 Å². The largest absolute Gasteiger partial charge is 0.507 e. The van der Waals surface area contributed by atoms with Crippen LogP contribution >= 0.6 is 0 Å². The molecule has 1 aliphatic rings. The molecule has 1 saturated carbocycles. The number of phenolic OH excluding ortho intramolecular Hbond substituents is 1. The maximum atomic E-state index is 12.2. The first-order chi connectivity index (χ1) is 8.09. The highest BCUT2D eigenvalue weighted by Gasteiger charge is 2.24. The van der Waals surface area contributed by atoms with Crippen LogP contribution in [0.1, 0.15) is 32.1 Å². The number of para-hydroxylation sites is 1. The minimum absolute atomic E-state index is 0.0746. The van der Waals surface area contributed by atoms with Crippen LogP contribution in [0.5, 0.6) is 5.75 Å². The summed E-state index contributed by atoms with van der Waals surface area (Å²) in [6.45, 7) is 0. The third kappa shape index (κ3) is 3.00. The third-order valence-electron chi connectivity index (χ3n) is 3.38. The average Bonchev–Trinajstić information content (AvgIpc) is 2.30. The van der Waals surface area contributed by atoms with Crippen LogP contribution in [-0.4, -0.2) is 19.3 Å². The average molecular weight is 254 g/mol. The zero-order chi connectivity index (χ0) is 12.3. The monoisotopic (exact) mass is 254 g/mol. The Labute approximate surface area is 102 Å². The van der Waals surface area contributed by atoms with E-state index in [0.29, 0.717) is 0 Å². The number of phenols is 1. The quantitative estimate of drug-likeness (QED) is 0.902. The highest BCUT2D eigenvalue weighted by molar-refractivity contribution is 7.91. The highest BCUT2D eigenvalue weighted by Crippen LogP contribution is 2.29. The van der Waals surface area contributed by atoms with Gasteiger partial charge in [-0.1, -0.05) is 31.4 Å². The van der Waals surface area contributed by atoms with Crippen LogP contribution < -0.4 is 0 Å². The molecular formula is C13H18O3S. The fourth-order valence-corrected chi connectivity index (χ4v) is 4.28. The van der Waals surface area contributed by atoms with Gasteiger partial charge in [0.2, 0.25) is 0 Å². The van der Waals surface area contributed by atoms with Crippen LogP contribution in [0.3, 0.4) is 0 Å². The number of sulfone groups is 1. The zero-order valence-corrected chi connectivity index (χ0v) is 10.6. The molecule has 0 spiro atoms. The maximum absolute atomic E-state index is 12.2. The van der Waals surface area contributed by atoms with Gasteiger partial charge in [0, 0.05) is 0 Å². The van der Waals surface area contributed by atoms with Crippen LogP contribution in [0.2, 0.25) is 0 Å². The van der Waals surface area contributed by atoms with E-state index in [1.807, 2.05) is 0 Å². The summed E-state index contributed by atoms with van der Waals surface area (Å²) in [5.74, 6) is 0.293. The molecule has 1 aromatic carbocycles. The van der Waals surface area contributed by atoms with Gasteiger partial charge in [-0.15, -0.1) is 0 Å². The van der Waals surface area contributed by atoms with Gasteiger partial charge in [-0.2, -0.15) is 0 Å². The lowest BCUT2D eigenvalue weighted by molar-refractivity contribution is 0.384. The molecule has 0 saturated heterocycles. The standard InChI is InChI=1S/C13H18O3S/c14-12-8-4-5-9-13(12)17(15,16)10-11-6-2-1-3-7-11/h4-5,8-9,11,14H,1-3,6-7,10H2. The van der Waals surface area contributed by atoms with Crippen molar-refractivity contribution in [2.24, 2.45) is 5.92 Å². The summed E-state index contributed by atoms with van der Waals surface area (Å²) >= 11 is 0. The molecular weight excluding hydrogens is 236 g/mol. The van der Waals surface area contributed by atoms with Crippen LogP contribution in [0.25, 0.3) is 0 Å². The first-order valence-corrected chi connectivity index (χ1v) is 7.75. The number of benzene rings is 1. The Bertz CT molecular complexity index is 473. The molecule has 94 valence electrons. The van der Waals surface area contributed by atoms with Crippen LogP contribution in [-0.2, 0) is 9.84 Å². The van der Waals surface area contributed by atoms with Crippen molar-refractivity contribution < 1.29 is 13.5 Å². The fraction of sp³-hybridized carbons (Fsp3) is 0.538. The number of hydrogen-bond acceptors (Lipinski definition) is 3. The molecule has 2 rings (SSSR count). The summed E-state index contributed by atoms with van der Waals surface area (Å²) < 4.78 is 24.3. The summed E-state index contributed by atoms with van der Waals surface area (Å²) in [6, 6.07) is 6.18. The van der Waals surface area contributed by atoms with Crippen LogP contribution in [0.4, 0.5) is 0 Å². The predicted molar refractivity (Wildman–Crippen MR) is 66.7 cm³/mol. The molecule has 0 radical (unpaired) electrons. The first kappa shape index (κ1) is 12.4. The van der Waals surface area contributed by atoms with E-state index in [9.17, 15) is 13.5 Å². The van der Waals surface area contributed by atoms with Gasteiger partial charge in [0.25, 0.3) is 0 Å². The molecule has 0 unspecified atom stereocenters. The lowest BCUT2D eigenvalue weighted by Gasteiger charge is -2.21. The van der Waals surface area contributed by atoms with Gasteiger partial charge >= 0.3 is 0 Å². The molecule has 3 nitrogen and oxygen atoms in total. The van der Waals surface area contributed by atoms with E-state index in [1.165, 1.54) is 18.6 Å². The minimum atomic E-state index is -3.34. The fourth-order valence-electron chi connectivity index (χ4n) is 2.47. The topological polar surface area (TPSA) is 54.4 Å². The first-order valence-electron chi connectivity index (χ1n) is 6.10. The molecule has 17 heavy (non-hydrogen) atoms. The van der Waals surface area contributed by atoms with Crippen molar-refractivity contribution in [3.63, 3.8) is 0 Å². The van der Waals surface area contributed by atoms with Gasteiger partial charge in [-0.3, -0.25) is 0 Å². The van der Waals surface area contributed by atoms with Crippen molar-refractivity contribution >= 4 is 9.84 Å². The molecule has 1 aromatic rings. The Balaban J connectivity index is 2.16. The van der Waals surface area contributed by atoms with Crippen molar-refractivity contribution in [1.29, 1.82) is 0 Å². The Morgan fingerprint density at radius 2 is 1.76 bits per heavy atom. The molecule has 4 heteroatoms. The molecule has 1 aliphatic carbocycles. The molecule has 0 amide bonds. The highest BCUT2D eigenvalue weighted by atomic mass is 32.2. The molecule has 0 aliphatic heterocycles. The van der Waals surface area contributed by atoms with E-state index < -0.39 is 9.84 Å². The van der Waals surface area contributed by atoms with E-state index >= 15 is 0 Å². The number of hydrogen-bond donors (Lipinski definition) is 1. The van der Waals surface area contributed by atoms with E-state index in [0.717, 1.165) is 25.7 Å². The number of rotatable bonds is 3. The Kier molecular flexibility index (Phi) is 3.72. The summed E-state index contributed by atoms with van der Waals surface area (Å²) in [4.78, 5) is 0.0746. The molecule has 0 aromatic heterocycles. The van der Waals surface area contributed by atoms with E-state index in [4.69, 9.17) is 0 Å². The zero-order valence-electron chi connectivity index (χ0n) is 9.80. The minimum Gasteiger partial charge on any atom is -0.507 e. The molecule has 0 bridgehead atoms. The second-order valence-corrected chi connectivity index (χ2v) is 6.76. The van der Waals surface area contributed by atoms with Crippen LogP contribution in [0, 0.1) is 5.92 Å². The predicted octanol–water partition coefficient (Wildman–Crippen LogP) is 2.75. The SMILES string of the molecule is O=S(=O)(CC1CCCCC1)c1ccccc1O. The Morgan fingerprint density at radius 1 is 1.12 bits per heavy atom. The van der Waals surface area contributed by atoms with E-state index in [-0.39, 0.29) is 22.3 Å². The molecule has 0 heterocycles. The lowest BCUT2D eigenvalue weighted by atomic mass is 9.91. The van der Waals surface area contributed by atoms with Crippen molar-refractivity contribution in [3.05, 3.63) is 24.3 Å². The van der Waals surface area contributed by atoms with Crippen molar-refractivity contribution in [3.8, 4) is 5.75 Å². The van der Waals surface area contributed by atoms with E-state index in [1.54, 1.807) is 12.1 Å². The van der Waals surface area contributed by atoms with Crippen molar-refractivity contribution in [2.75, 3.05) is 5.75 Å². The summed E-state index contributed by atoms with van der Waals surface area (Å²) in [7, 11) is -3.34. The number of aromatic hydroxyl groups is 1. The smallest absolute Gasteiger partial charge is 0.182 e. The van der Waals surface area contributed by atoms with Crippen molar-refractivity contribution in [1.82, 2.24) is 0 Å². The van der Waals surface area contributed by atoms with Crippen molar-refractivity contribution in [2.45, 2.75) is 37.0 Å². The van der Waals surface area contributed by atoms with Gasteiger partial charge < -0.3 is 5.11 Å². The summed E-state index contributed by atoms with van der Waals surface area (Å²) in [5.41, 5.74) is 0. The Morgan fingerprint density at radius 3 is 2.41 bits per heavy atom. The molecule has 1 fully saturated rings. The van der Waals surface area contributed by atoms with Gasteiger partial charge in [-0.05, 0) is 30.9 Å². The summed E-state index contributed by atoms with van der Waals surface area (Å²) in [5, 5.41) is 9.60. The third-order valence-corrected chi connectivity index (χ3v) is 5.31. The van der Waals surface area contributed by atoms with Gasteiger partial charge in [-0.25, -0.2) is 8.42 Å². The lowest BCUT2D eigenvalue weighted by Crippen LogP contribution is -2.18. The Hall–Kier alpha value is -1.03. The second-order valence-electron chi connectivity index (χ2n) is 4.75. The summed E-state index contributed by atoms with van der Waals surface area (Å²) in [6.07, 6.45) is 5.45. The normalized spacial score (nSPS) is 18.1. The van der Waals surface area contributed by atoms with E-state index in [2.05, 4.69) is 0 Å². The van der Waals surface area contributed by atoms with Gasteiger partial charge in [0.05, 0.1) is 5.75 Å². The van der Waals surface area contributed by atoms with Gasteiger partial charge in [0.15, 0.2) is 9.84 Å². The van der Waals surface area contributed by atoms with Gasteiger partial charge in [0.1, 0.15) is 10.6 Å².